The molecule has 0 atom stereocenters. The summed E-state index contributed by atoms with van der Waals surface area (Å²) in [7, 11) is 0. The molecule has 16 heavy (non-hydrogen) atoms. The Kier molecular flexibility index (Phi) is 2.10. The van der Waals surface area contributed by atoms with Gasteiger partial charge in [-0.2, -0.15) is 0 Å². The van der Waals surface area contributed by atoms with Crippen LogP contribution in [0.2, 0.25) is 0 Å². The van der Waals surface area contributed by atoms with Crippen LogP contribution in [-0.2, 0) is 12.8 Å². The summed E-state index contributed by atoms with van der Waals surface area (Å²) in [5, 5.41) is 0. The molecule has 0 aromatic heterocycles. The van der Waals surface area contributed by atoms with Gasteiger partial charge in [-0.1, -0.05) is 43.3 Å². The maximum absolute atomic E-state index is 2.37. The predicted molar refractivity (Wildman–Crippen MR) is 68.8 cm³/mol. The van der Waals surface area contributed by atoms with Gasteiger partial charge in [0.25, 0.3) is 0 Å². The zero-order valence-corrected chi connectivity index (χ0v) is 9.88. The average Bonchev–Trinajstić information content (AvgIpc) is 2.68. The largest absolute Gasteiger partial charge is 0.0619 e. The third kappa shape index (κ3) is 1.30. The molecule has 1 aliphatic carbocycles. The fraction of sp³-hybridized carbons (Fsp3) is 0.250. The quantitative estimate of drug-likeness (QED) is 0.564. The minimum Gasteiger partial charge on any atom is -0.0619 e. The van der Waals surface area contributed by atoms with Gasteiger partial charge in [0.2, 0.25) is 0 Å². The molecule has 0 aliphatic heterocycles. The second-order valence-corrected chi connectivity index (χ2v) is 4.63. The predicted octanol–water partition coefficient (Wildman–Crippen LogP) is 4.13. The van der Waals surface area contributed by atoms with E-state index in [1.54, 1.807) is 0 Å². The molecule has 0 amide bonds. The number of hydrogen-bond donors (Lipinski definition) is 0. The summed E-state index contributed by atoms with van der Waals surface area (Å²) in [6.45, 7) is 4.46. The van der Waals surface area contributed by atoms with E-state index in [0.717, 1.165) is 12.8 Å². The highest BCUT2D eigenvalue weighted by atomic mass is 14.2. The molecule has 0 saturated heterocycles. The highest BCUT2D eigenvalue weighted by molar-refractivity contribution is 5.78. The molecule has 1 aliphatic rings. The minimum absolute atomic E-state index is 1.11. The van der Waals surface area contributed by atoms with Crippen molar-refractivity contribution in [1.29, 1.82) is 0 Å². The summed E-state index contributed by atoms with van der Waals surface area (Å²) in [5.41, 5.74) is 8.81. The van der Waals surface area contributed by atoms with Crippen molar-refractivity contribution in [2.75, 3.05) is 0 Å². The Morgan fingerprint density at radius 1 is 1.06 bits per heavy atom. The Morgan fingerprint density at radius 3 is 2.69 bits per heavy atom. The monoisotopic (exact) mass is 208 g/mol. The zero-order chi connectivity index (χ0) is 11.1. The average molecular weight is 208 g/mol. The van der Waals surface area contributed by atoms with Crippen molar-refractivity contribution >= 4 is 0 Å². The van der Waals surface area contributed by atoms with Gasteiger partial charge in [0.15, 0.2) is 0 Å². The number of rotatable bonds is 1. The lowest BCUT2D eigenvalue weighted by atomic mass is 9.98. The summed E-state index contributed by atoms with van der Waals surface area (Å²) in [4.78, 5) is 0. The van der Waals surface area contributed by atoms with Crippen molar-refractivity contribution in [3.63, 3.8) is 0 Å². The second kappa shape index (κ2) is 3.48. The Labute approximate surface area is 96.9 Å². The molecule has 80 valence electrons. The van der Waals surface area contributed by atoms with Gasteiger partial charge in [-0.25, -0.2) is 0 Å². The fourth-order valence-corrected chi connectivity index (χ4v) is 2.70. The third-order valence-electron chi connectivity index (χ3n) is 3.62. The van der Waals surface area contributed by atoms with Crippen LogP contribution in [0.1, 0.15) is 29.2 Å². The molecular weight excluding hydrogens is 192 g/mol. The van der Waals surface area contributed by atoms with E-state index in [2.05, 4.69) is 50.2 Å². The van der Waals surface area contributed by atoms with E-state index < -0.39 is 0 Å². The smallest absolute Gasteiger partial charge is 0.00108 e. The first kappa shape index (κ1) is 9.65. The van der Waals surface area contributed by atoms with E-state index >= 15 is 0 Å². The van der Waals surface area contributed by atoms with E-state index in [0.29, 0.717) is 0 Å². The summed E-state index contributed by atoms with van der Waals surface area (Å²) in [6.07, 6.45) is 2.23. The number of aryl methyl sites for hydroxylation is 2. The normalized spacial score (nSPS) is 12.4. The van der Waals surface area contributed by atoms with Crippen molar-refractivity contribution in [2.45, 2.75) is 26.7 Å². The van der Waals surface area contributed by atoms with Crippen LogP contribution < -0.4 is 0 Å². The molecule has 0 bridgehead atoms. The van der Waals surface area contributed by atoms with E-state index in [-0.39, 0.29) is 0 Å². The molecule has 0 spiro atoms. The first-order valence-corrected chi connectivity index (χ1v) is 6.00. The topological polar surface area (TPSA) is 0 Å². The van der Waals surface area contributed by atoms with Crippen molar-refractivity contribution in [1.82, 2.24) is 0 Å². The van der Waals surface area contributed by atoms with Gasteiger partial charge >= 0.3 is 0 Å². The van der Waals surface area contributed by atoms with Crippen LogP contribution in [0, 0.1) is 6.92 Å². The minimum atomic E-state index is 1.11. The molecule has 2 aromatic rings. The Hall–Kier alpha value is -1.56. The Balaban J connectivity index is 2.27. The lowest BCUT2D eigenvalue weighted by molar-refractivity contribution is 1.12. The van der Waals surface area contributed by atoms with Crippen LogP contribution in [0.15, 0.2) is 36.4 Å². The van der Waals surface area contributed by atoms with Gasteiger partial charge < -0.3 is 0 Å². The van der Waals surface area contributed by atoms with Gasteiger partial charge in [-0.05, 0) is 53.1 Å². The second-order valence-electron chi connectivity index (χ2n) is 4.63. The number of benzene rings is 2. The molecule has 3 rings (SSSR count). The molecule has 0 radical (unpaired) electrons. The van der Waals surface area contributed by atoms with Gasteiger partial charge in [0.05, 0.1) is 0 Å². The molecule has 0 fully saturated rings. The summed E-state index contributed by atoms with van der Waals surface area (Å²) in [5.74, 6) is 0. The molecule has 0 heteroatoms. The zero-order valence-electron chi connectivity index (χ0n) is 9.88. The summed E-state index contributed by atoms with van der Waals surface area (Å²) in [6, 6.07) is 13.5. The molecule has 0 N–H and O–H groups in total. The fourth-order valence-electron chi connectivity index (χ4n) is 2.70. The van der Waals surface area contributed by atoms with Crippen LogP contribution in [0.5, 0.6) is 0 Å². The number of hydrogen-bond acceptors (Lipinski definition) is 0. The first-order valence-electron chi connectivity index (χ1n) is 6.00. The van der Waals surface area contributed by atoms with Crippen molar-refractivity contribution in [2.24, 2.45) is 0 Å². The highest BCUT2D eigenvalue weighted by Crippen LogP contribution is 2.38. The van der Waals surface area contributed by atoms with E-state index in [1.807, 2.05) is 0 Å². The van der Waals surface area contributed by atoms with Crippen LogP contribution in [0.25, 0.3) is 11.1 Å². The highest BCUT2D eigenvalue weighted by Gasteiger charge is 2.19. The maximum atomic E-state index is 2.37. The molecule has 0 saturated carbocycles. The number of fused-ring (bicyclic) bond motifs is 3. The van der Waals surface area contributed by atoms with Crippen LogP contribution in [0.3, 0.4) is 0 Å². The molecule has 0 heterocycles. The van der Waals surface area contributed by atoms with E-state index in [1.165, 1.54) is 33.4 Å². The van der Waals surface area contributed by atoms with E-state index in [9.17, 15) is 0 Å². The van der Waals surface area contributed by atoms with Gasteiger partial charge in [-0.3, -0.25) is 0 Å². The summed E-state index contributed by atoms with van der Waals surface area (Å²) >= 11 is 0. The van der Waals surface area contributed by atoms with Crippen LogP contribution >= 0.6 is 0 Å². The standard InChI is InChI=1S/C16H16/c1-3-12-8-11(2)15-10-13-6-4-5-7-14(13)16(15)9-12/h4-9H,3,10H2,1-2H3. The van der Waals surface area contributed by atoms with Crippen LogP contribution in [0.4, 0.5) is 0 Å². The van der Waals surface area contributed by atoms with Crippen molar-refractivity contribution < 1.29 is 0 Å². The molecule has 0 unspecified atom stereocenters. The van der Waals surface area contributed by atoms with Crippen molar-refractivity contribution in [3.8, 4) is 11.1 Å². The Morgan fingerprint density at radius 2 is 1.88 bits per heavy atom. The van der Waals surface area contributed by atoms with Gasteiger partial charge in [-0.15, -0.1) is 0 Å². The van der Waals surface area contributed by atoms with E-state index in [4.69, 9.17) is 0 Å². The van der Waals surface area contributed by atoms with Gasteiger partial charge in [0.1, 0.15) is 0 Å². The SMILES string of the molecule is CCc1cc(C)c2c(c1)-c1ccccc1C2. The summed E-state index contributed by atoms with van der Waals surface area (Å²) < 4.78 is 0. The molecule has 2 aromatic carbocycles. The maximum Gasteiger partial charge on any atom is -0.00108 e. The van der Waals surface area contributed by atoms with Gasteiger partial charge in [0, 0.05) is 0 Å². The first-order chi connectivity index (χ1) is 7.79. The molecular formula is C16H16. The van der Waals surface area contributed by atoms with Crippen molar-refractivity contribution in [3.05, 3.63) is 58.7 Å². The van der Waals surface area contributed by atoms with Crippen LogP contribution in [-0.4, -0.2) is 0 Å². The molecule has 0 nitrogen and oxygen atoms in total. The Bertz CT molecular complexity index is 550. The lowest BCUT2D eigenvalue weighted by Gasteiger charge is -2.07. The lowest BCUT2D eigenvalue weighted by Crippen LogP contribution is -1.90. The third-order valence-corrected chi connectivity index (χ3v) is 3.62.